The van der Waals surface area contributed by atoms with E-state index in [2.05, 4.69) is 4.74 Å². The fourth-order valence-electron chi connectivity index (χ4n) is 3.86. The number of hydrogen-bond donors (Lipinski definition) is 11. The molecule has 2 aliphatic heterocycles. The quantitative estimate of drug-likeness (QED) is 0.0701. The van der Waals surface area contributed by atoms with Gasteiger partial charge in [-0.05, 0) is 6.42 Å². The maximum Gasteiger partial charge on any atom is 0.345 e. The molecule has 2 saturated heterocycles. The van der Waals surface area contributed by atoms with Gasteiger partial charge in [0.25, 0.3) is 0 Å². The third-order valence-corrected chi connectivity index (χ3v) is 6.35. The summed E-state index contributed by atoms with van der Waals surface area (Å²) in [5, 5.41) is 110. The summed E-state index contributed by atoms with van der Waals surface area (Å²) in [6.45, 7) is -0.673. The average Bonchev–Trinajstić information content (AvgIpc) is 2.93. The minimum Gasteiger partial charge on any atom is -0.394 e. The lowest BCUT2D eigenvalue weighted by molar-refractivity contribution is -0.333. The molecule has 0 spiro atoms. The van der Waals surface area contributed by atoms with Crippen molar-refractivity contribution < 1.29 is 89.4 Å². The van der Waals surface area contributed by atoms with Gasteiger partial charge in [-0.1, -0.05) is 6.92 Å². The third-order valence-electron chi connectivity index (χ3n) is 6.35. The van der Waals surface area contributed by atoms with Crippen LogP contribution in [-0.4, -0.2) is 174 Å². The van der Waals surface area contributed by atoms with Crippen LogP contribution < -0.4 is 0 Å². The Morgan fingerprint density at radius 1 is 0.750 bits per heavy atom. The number of ether oxygens (including phenoxy) is 5. The van der Waals surface area contributed by atoms with Gasteiger partial charge in [0.1, 0.15) is 67.1 Å². The Balaban J connectivity index is 1.93. The fourth-order valence-corrected chi connectivity index (χ4v) is 3.86. The summed E-state index contributed by atoms with van der Waals surface area (Å²) in [6, 6.07) is 0. The highest BCUT2D eigenvalue weighted by Gasteiger charge is 2.48. The molecular formula is C22H38O18. The molecule has 14 atom stereocenters. The average molecular weight is 591 g/mol. The van der Waals surface area contributed by atoms with E-state index < -0.39 is 118 Å². The van der Waals surface area contributed by atoms with Crippen molar-refractivity contribution >= 4 is 11.9 Å². The van der Waals surface area contributed by atoms with E-state index in [0.717, 1.165) is 0 Å². The van der Waals surface area contributed by atoms with E-state index in [1.165, 1.54) is 0 Å². The second kappa shape index (κ2) is 15.7. The normalized spacial score (nSPS) is 37.8. The lowest BCUT2D eigenvalue weighted by atomic mass is 9.98. The van der Waals surface area contributed by atoms with Crippen LogP contribution in [0.1, 0.15) is 19.8 Å². The predicted molar refractivity (Wildman–Crippen MR) is 122 cm³/mol. The molecular weight excluding hydrogens is 552 g/mol. The molecule has 0 amide bonds. The molecule has 0 aromatic carbocycles. The van der Waals surface area contributed by atoms with Gasteiger partial charge in [-0.3, -0.25) is 4.79 Å². The molecule has 18 heteroatoms. The van der Waals surface area contributed by atoms with Crippen LogP contribution in [0.3, 0.4) is 0 Å². The summed E-state index contributed by atoms with van der Waals surface area (Å²) >= 11 is 0. The number of hydrogen-bond acceptors (Lipinski definition) is 18. The van der Waals surface area contributed by atoms with Crippen molar-refractivity contribution in [2.45, 2.75) is 106 Å². The summed E-state index contributed by atoms with van der Waals surface area (Å²) in [7, 11) is 0. The zero-order valence-electron chi connectivity index (χ0n) is 21.4. The first-order chi connectivity index (χ1) is 18.7. The molecule has 0 bridgehead atoms. The number of carbonyl (C=O) groups is 2. The van der Waals surface area contributed by atoms with Crippen LogP contribution in [0.5, 0.6) is 0 Å². The van der Waals surface area contributed by atoms with Crippen LogP contribution in [0, 0.1) is 0 Å². The van der Waals surface area contributed by atoms with Crippen LogP contribution in [0.25, 0.3) is 0 Å². The molecule has 0 aromatic heterocycles. The van der Waals surface area contributed by atoms with Crippen LogP contribution in [0.4, 0.5) is 0 Å². The highest BCUT2D eigenvalue weighted by molar-refractivity contribution is 5.88. The van der Waals surface area contributed by atoms with Crippen molar-refractivity contribution in [2.24, 2.45) is 0 Å². The summed E-state index contributed by atoms with van der Waals surface area (Å²) < 4.78 is 25.2. The topological polar surface area (TPSA) is 303 Å². The fraction of sp³-hybridized carbons (Fsp3) is 0.909. The zero-order chi connectivity index (χ0) is 30.3. The first-order valence-corrected chi connectivity index (χ1v) is 12.4. The van der Waals surface area contributed by atoms with Crippen molar-refractivity contribution in [2.75, 3.05) is 19.8 Å². The van der Waals surface area contributed by atoms with E-state index in [4.69, 9.17) is 18.9 Å². The molecule has 11 N–H and O–H groups in total. The largest absolute Gasteiger partial charge is 0.394 e. The Kier molecular flexibility index (Phi) is 13.6. The number of carbonyl (C=O) groups excluding carboxylic acids is 2. The van der Waals surface area contributed by atoms with E-state index in [1.54, 1.807) is 6.92 Å². The molecule has 40 heavy (non-hydrogen) atoms. The van der Waals surface area contributed by atoms with Crippen molar-refractivity contribution in [3.8, 4) is 0 Å². The Morgan fingerprint density at radius 3 is 1.82 bits per heavy atom. The minimum atomic E-state index is -2.41. The molecule has 0 radical (unpaired) electrons. The van der Waals surface area contributed by atoms with Gasteiger partial charge < -0.3 is 79.9 Å². The highest BCUT2D eigenvalue weighted by Crippen LogP contribution is 2.26. The maximum absolute atomic E-state index is 11.8. The molecule has 2 rings (SSSR count). The van der Waals surface area contributed by atoms with E-state index >= 15 is 0 Å². The SMILES string of the molecule is CCCC(=O)OC(=O)[C@H](O)[C@@H](O)[C@H](O)[C@H](O)CO[C@H]1O[C@H](CO[C@H]2O[C@H](CO)[C@@H](O)[C@H](O)[C@H]2O)[C@@H](O)[C@H](O)[C@H]1O. The van der Waals surface area contributed by atoms with Crippen molar-refractivity contribution in [1.29, 1.82) is 0 Å². The summed E-state index contributed by atoms with van der Waals surface area (Å²) in [4.78, 5) is 23.1. The molecule has 18 nitrogen and oxygen atoms in total. The van der Waals surface area contributed by atoms with Crippen LogP contribution in [0.2, 0.25) is 0 Å². The first kappa shape index (κ1) is 34.7. The van der Waals surface area contributed by atoms with E-state index in [9.17, 15) is 65.8 Å². The molecule has 2 fully saturated rings. The van der Waals surface area contributed by atoms with Crippen molar-refractivity contribution in [1.82, 2.24) is 0 Å². The standard InChI is InChI=1S/C22H38O18/c1-2-3-10(25)40-20(35)17(32)14(29)11(26)7(24)5-36-21-19(34)16(31)13(28)9(39-21)6-37-22-18(33)15(30)12(27)8(4-23)38-22/h7-9,11-19,21-24,26-34H,2-6H2,1H3/t7-,8-,9-,11-,12-,13-,14+,15+,16+,17-,18-,19-,21+,22+/m1/s1. The van der Waals surface area contributed by atoms with E-state index in [1.807, 2.05) is 0 Å². The third kappa shape index (κ3) is 8.53. The van der Waals surface area contributed by atoms with Gasteiger partial charge in [0.2, 0.25) is 0 Å². The zero-order valence-corrected chi connectivity index (χ0v) is 21.4. The van der Waals surface area contributed by atoms with Crippen LogP contribution >= 0.6 is 0 Å². The van der Waals surface area contributed by atoms with Gasteiger partial charge >= 0.3 is 11.9 Å². The molecule has 0 aromatic rings. The Morgan fingerprint density at radius 2 is 1.27 bits per heavy atom. The van der Waals surface area contributed by atoms with Gasteiger partial charge in [0, 0.05) is 6.42 Å². The Labute approximate surface area is 227 Å². The lowest BCUT2D eigenvalue weighted by Gasteiger charge is -2.42. The Bertz CT molecular complexity index is 798. The maximum atomic E-state index is 11.8. The molecule has 0 aliphatic carbocycles. The first-order valence-electron chi connectivity index (χ1n) is 12.4. The molecule has 2 aliphatic rings. The number of aliphatic hydroxyl groups is 11. The van der Waals surface area contributed by atoms with Gasteiger partial charge in [0.05, 0.1) is 19.8 Å². The second-order valence-electron chi connectivity index (χ2n) is 9.42. The molecule has 2 heterocycles. The monoisotopic (exact) mass is 590 g/mol. The van der Waals surface area contributed by atoms with Crippen molar-refractivity contribution in [3.05, 3.63) is 0 Å². The molecule has 0 unspecified atom stereocenters. The Hall–Kier alpha value is -1.46. The summed E-state index contributed by atoms with van der Waals surface area (Å²) in [6.07, 6.45) is -25.7. The van der Waals surface area contributed by atoms with Gasteiger partial charge in [-0.15, -0.1) is 0 Å². The molecule has 234 valence electrons. The second-order valence-corrected chi connectivity index (χ2v) is 9.42. The number of aliphatic hydroxyl groups excluding tert-OH is 11. The van der Waals surface area contributed by atoms with Crippen LogP contribution in [-0.2, 0) is 33.3 Å². The number of esters is 2. The number of rotatable bonds is 13. The van der Waals surface area contributed by atoms with Gasteiger partial charge in [-0.2, -0.15) is 0 Å². The molecule has 0 saturated carbocycles. The highest BCUT2D eigenvalue weighted by atomic mass is 16.7. The summed E-state index contributed by atoms with van der Waals surface area (Å²) in [5.74, 6) is -2.55. The smallest absolute Gasteiger partial charge is 0.345 e. The van der Waals surface area contributed by atoms with Crippen molar-refractivity contribution in [3.63, 3.8) is 0 Å². The van der Waals surface area contributed by atoms with E-state index in [-0.39, 0.29) is 6.42 Å². The minimum absolute atomic E-state index is 0.146. The van der Waals surface area contributed by atoms with Gasteiger partial charge in [0.15, 0.2) is 18.7 Å². The van der Waals surface area contributed by atoms with Gasteiger partial charge in [-0.25, -0.2) is 4.79 Å². The predicted octanol–water partition coefficient (Wildman–Crippen LogP) is -7.06. The summed E-state index contributed by atoms with van der Waals surface area (Å²) in [5.41, 5.74) is 0. The lowest BCUT2D eigenvalue weighted by Crippen LogP contribution is -2.62. The van der Waals surface area contributed by atoms with E-state index in [0.29, 0.717) is 6.42 Å². The van der Waals surface area contributed by atoms with Crippen LogP contribution in [0.15, 0.2) is 0 Å².